The van der Waals surface area contributed by atoms with Crippen LogP contribution in [0.2, 0.25) is 0 Å². The molecule has 0 aliphatic heterocycles. The number of carbonyl (C=O) groups excluding carboxylic acids is 1. The van der Waals surface area contributed by atoms with Crippen molar-refractivity contribution >= 4 is 5.91 Å². The molecule has 0 fully saturated rings. The first-order valence-electron chi connectivity index (χ1n) is 6.10. The van der Waals surface area contributed by atoms with E-state index >= 15 is 0 Å². The molecule has 1 heterocycles. The number of amides is 1. The minimum Gasteiger partial charge on any atom is -0.274 e. The maximum absolute atomic E-state index is 13.0. The molecule has 0 unspecified atom stereocenters. The van der Waals surface area contributed by atoms with Crippen LogP contribution in [-0.2, 0) is 4.84 Å². The average molecular weight is 277 g/mol. The zero-order valence-electron chi connectivity index (χ0n) is 11.8. The van der Waals surface area contributed by atoms with Crippen molar-refractivity contribution < 1.29 is 14.0 Å². The highest BCUT2D eigenvalue weighted by molar-refractivity contribution is 5.95. The molecule has 0 bridgehead atoms. The van der Waals surface area contributed by atoms with Crippen molar-refractivity contribution in [2.45, 2.75) is 13.8 Å². The standard InChI is InChI=1S/C14H16FN3O2/c1-9-13(14(19)17(3)20-4)10(2)18(16-9)12-7-5-11(15)6-8-12/h5-8H,1-4H3. The van der Waals surface area contributed by atoms with E-state index < -0.39 is 0 Å². The molecule has 106 valence electrons. The van der Waals surface area contributed by atoms with E-state index in [1.807, 2.05) is 0 Å². The third-order valence-corrected chi connectivity index (χ3v) is 3.14. The number of hydroxylamine groups is 2. The predicted molar refractivity (Wildman–Crippen MR) is 72.1 cm³/mol. The van der Waals surface area contributed by atoms with Gasteiger partial charge in [0, 0.05) is 7.05 Å². The second-order valence-corrected chi connectivity index (χ2v) is 4.42. The van der Waals surface area contributed by atoms with E-state index in [1.54, 1.807) is 30.7 Å². The molecule has 2 aromatic rings. The lowest BCUT2D eigenvalue weighted by molar-refractivity contribution is -0.0757. The van der Waals surface area contributed by atoms with Crippen molar-refractivity contribution in [2.75, 3.05) is 14.2 Å². The molecule has 0 aliphatic rings. The van der Waals surface area contributed by atoms with Gasteiger partial charge in [-0.25, -0.2) is 14.1 Å². The summed E-state index contributed by atoms with van der Waals surface area (Å²) in [7, 11) is 2.96. The lowest BCUT2D eigenvalue weighted by atomic mass is 10.2. The van der Waals surface area contributed by atoms with E-state index in [1.165, 1.54) is 26.3 Å². The summed E-state index contributed by atoms with van der Waals surface area (Å²) in [5, 5.41) is 5.48. The van der Waals surface area contributed by atoms with Gasteiger partial charge in [-0.05, 0) is 38.1 Å². The Morgan fingerprint density at radius 1 is 1.30 bits per heavy atom. The summed E-state index contributed by atoms with van der Waals surface area (Å²) in [6.45, 7) is 3.55. The number of aromatic nitrogens is 2. The molecule has 0 aliphatic carbocycles. The molecule has 0 N–H and O–H groups in total. The van der Waals surface area contributed by atoms with Gasteiger partial charge in [-0.1, -0.05) is 0 Å². The van der Waals surface area contributed by atoms with E-state index in [2.05, 4.69) is 5.10 Å². The van der Waals surface area contributed by atoms with Crippen LogP contribution in [-0.4, -0.2) is 34.9 Å². The topological polar surface area (TPSA) is 47.4 Å². The first kappa shape index (κ1) is 14.2. The van der Waals surface area contributed by atoms with Crippen molar-refractivity contribution in [1.29, 1.82) is 0 Å². The summed E-state index contributed by atoms with van der Waals surface area (Å²) < 4.78 is 14.6. The minimum absolute atomic E-state index is 0.268. The summed E-state index contributed by atoms with van der Waals surface area (Å²) in [4.78, 5) is 17.1. The summed E-state index contributed by atoms with van der Waals surface area (Å²) >= 11 is 0. The first-order valence-corrected chi connectivity index (χ1v) is 6.10. The lowest BCUT2D eigenvalue weighted by Gasteiger charge is -2.13. The van der Waals surface area contributed by atoms with Gasteiger partial charge in [-0.3, -0.25) is 9.63 Å². The van der Waals surface area contributed by atoms with Gasteiger partial charge in [-0.2, -0.15) is 5.10 Å². The molecule has 1 aromatic carbocycles. The molecule has 0 atom stereocenters. The van der Waals surface area contributed by atoms with E-state index in [-0.39, 0.29) is 11.7 Å². The minimum atomic E-state index is -0.314. The van der Waals surface area contributed by atoms with E-state index in [9.17, 15) is 9.18 Å². The van der Waals surface area contributed by atoms with E-state index in [0.29, 0.717) is 22.6 Å². The molecule has 0 radical (unpaired) electrons. The average Bonchev–Trinajstić information content (AvgIpc) is 2.73. The molecule has 0 spiro atoms. The molecular formula is C14H16FN3O2. The zero-order chi connectivity index (χ0) is 14.9. The quantitative estimate of drug-likeness (QED) is 0.808. The highest BCUT2D eigenvalue weighted by Gasteiger charge is 2.22. The van der Waals surface area contributed by atoms with Crippen LogP contribution in [0.5, 0.6) is 0 Å². The maximum Gasteiger partial charge on any atom is 0.280 e. The summed E-state index contributed by atoms with van der Waals surface area (Å²) in [6.07, 6.45) is 0. The maximum atomic E-state index is 13.0. The van der Waals surface area contributed by atoms with Gasteiger partial charge < -0.3 is 0 Å². The third kappa shape index (κ3) is 2.42. The van der Waals surface area contributed by atoms with Crippen LogP contribution in [0.15, 0.2) is 24.3 Å². The fourth-order valence-corrected chi connectivity index (χ4v) is 2.03. The van der Waals surface area contributed by atoms with Crippen LogP contribution >= 0.6 is 0 Å². The number of hydrogen-bond donors (Lipinski definition) is 0. The van der Waals surface area contributed by atoms with Crippen molar-refractivity contribution in [2.24, 2.45) is 0 Å². The number of aryl methyl sites for hydroxylation is 1. The number of halogens is 1. The molecule has 1 aromatic heterocycles. The van der Waals surface area contributed by atoms with Crippen LogP contribution < -0.4 is 0 Å². The second-order valence-electron chi connectivity index (χ2n) is 4.42. The third-order valence-electron chi connectivity index (χ3n) is 3.14. The van der Waals surface area contributed by atoms with Crippen LogP contribution in [0.25, 0.3) is 5.69 Å². The number of carbonyl (C=O) groups is 1. The van der Waals surface area contributed by atoms with Crippen LogP contribution in [0.3, 0.4) is 0 Å². The molecule has 0 saturated carbocycles. The molecule has 5 nitrogen and oxygen atoms in total. The van der Waals surface area contributed by atoms with Crippen LogP contribution in [0.4, 0.5) is 4.39 Å². The zero-order valence-corrected chi connectivity index (χ0v) is 11.8. The van der Waals surface area contributed by atoms with Gasteiger partial charge >= 0.3 is 0 Å². The smallest absolute Gasteiger partial charge is 0.274 e. The van der Waals surface area contributed by atoms with Crippen LogP contribution in [0, 0.1) is 19.7 Å². The predicted octanol–water partition coefficient (Wildman–Crippen LogP) is 2.26. The Morgan fingerprint density at radius 3 is 2.45 bits per heavy atom. The van der Waals surface area contributed by atoms with Crippen LogP contribution in [0.1, 0.15) is 21.7 Å². The van der Waals surface area contributed by atoms with Gasteiger partial charge in [0.25, 0.3) is 5.91 Å². The summed E-state index contributed by atoms with van der Waals surface area (Å²) in [5.74, 6) is -0.582. The van der Waals surface area contributed by atoms with Crippen molar-refractivity contribution in [3.05, 3.63) is 47.0 Å². The summed E-state index contributed by atoms with van der Waals surface area (Å²) in [6, 6.07) is 5.94. The molecule has 0 saturated heterocycles. The highest BCUT2D eigenvalue weighted by Crippen LogP contribution is 2.19. The highest BCUT2D eigenvalue weighted by atomic mass is 19.1. The molecule has 20 heavy (non-hydrogen) atoms. The van der Waals surface area contributed by atoms with Gasteiger partial charge in [0.2, 0.25) is 0 Å². The first-order chi connectivity index (χ1) is 9.45. The Balaban J connectivity index is 2.48. The largest absolute Gasteiger partial charge is 0.280 e. The Morgan fingerprint density at radius 2 is 1.90 bits per heavy atom. The van der Waals surface area contributed by atoms with Gasteiger partial charge in [0.15, 0.2) is 0 Å². The molecular weight excluding hydrogens is 261 g/mol. The number of rotatable bonds is 3. The lowest BCUT2D eigenvalue weighted by Crippen LogP contribution is -2.26. The molecule has 2 rings (SSSR count). The number of nitrogens with zero attached hydrogens (tertiary/aromatic N) is 3. The van der Waals surface area contributed by atoms with Crippen molar-refractivity contribution in [3.8, 4) is 5.69 Å². The Kier molecular flexibility index (Phi) is 3.85. The van der Waals surface area contributed by atoms with Gasteiger partial charge in [-0.15, -0.1) is 0 Å². The fraction of sp³-hybridized carbons (Fsp3) is 0.286. The number of benzene rings is 1. The van der Waals surface area contributed by atoms with E-state index in [0.717, 1.165) is 5.06 Å². The second kappa shape index (κ2) is 5.42. The van der Waals surface area contributed by atoms with E-state index in [4.69, 9.17) is 4.84 Å². The Hall–Kier alpha value is -2.21. The monoisotopic (exact) mass is 277 g/mol. The molecule has 1 amide bonds. The van der Waals surface area contributed by atoms with Crippen molar-refractivity contribution in [3.63, 3.8) is 0 Å². The summed E-state index contributed by atoms with van der Waals surface area (Å²) in [5.41, 5.74) is 2.47. The van der Waals surface area contributed by atoms with Gasteiger partial charge in [0.1, 0.15) is 5.82 Å². The SMILES string of the molecule is CON(C)C(=O)c1c(C)nn(-c2ccc(F)cc2)c1C. The molecule has 6 heteroatoms. The Bertz CT molecular complexity index is 635. The van der Waals surface area contributed by atoms with Crippen molar-refractivity contribution in [1.82, 2.24) is 14.8 Å². The Labute approximate surface area is 116 Å². The number of hydrogen-bond acceptors (Lipinski definition) is 3. The fourth-order valence-electron chi connectivity index (χ4n) is 2.03. The van der Waals surface area contributed by atoms with Gasteiger partial charge in [0.05, 0.1) is 29.7 Å². The normalized spacial score (nSPS) is 10.7.